The molecule has 18 heavy (non-hydrogen) atoms. The van der Waals surface area contributed by atoms with Crippen LogP contribution in [0.15, 0.2) is 22.7 Å². The molecule has 2 rings (SSSR count). The van der Waals surface area contributed by atoms with Crippen molar-refractivity contribution in [1.29, 1.82) is 0 Å². The van der Waals surface area contributed by atoms with Gasteiger partial charge in [-0.25, -0.2) is 0 Å². The Hall–Kier alpha value is -1.07. The van der Waals surface area contributed by atoms with Crippen molar-refractivity contribution in [3.8, 4) is 5.75 Å². The van der Waals surface area contributed by atoms with Crippen molar-refractivity contribution in [2.75, 3.05) is 13.1 Å². The second-order valence-electron chi connectivity index (χ2n) is 4.69. The first-order valence-electron chi connectivity index (χ1n) is 5.99. The summed E-state index contributed by atoms with van der Waals surface area (Å²) >= 11 is 3.37. The maximum absolute atomic E-state index is 11.0. The molecule has 0 saturated carbocycles. The van der Waals surface area contributed by atoms with Gasteiger partial charge in [0.1, 0.15) is 5.75 Å². The Labute approximate surface area is 114 Å². The number of nitrogens with zero attached hydrogens (tertiary/aromatic N) is 1. The van der Waals surface area contributed by atoms with Crippen molar-refractivity contribution in [3.63, 3.8) is 0 Å². The van der Waals surface area contributed by atoms with Gasteiger partial charge in [0.15, 0.2) is 0 Å². The van der Waals surface area contributed by atoms with Gasteiger partial charge >= 0.3 is 5.97 Å². The monoisotopic (exact) mass is 313 g/mol. The molecule has 98 valence electrons. The number of halogens is 1. The van der Waals surface area contributed by atoms with Crippen LogP contribution in [0.25, 0.3) is 0 Å². The number of piperidine rings is 1. The molecule has 1 aromatic carbocycles. The van der Waals surface area contributed by atoms with Crippen LogP contribution >= 0.6 is 15.9 Å². The third-order valence-electron chi connectivity index (χ3n) is 3.29. The molecule has 0 aliphatic carbocycles. The zero-order chi connectivity index (χ0) is 13.1. The summed E-state index contributed by atoms with van der Waals surface area (Å²) in [6.45, 7) is 2.03. The molecular formula is C13H16BrNO3. The Bertz CT molecular complexity index is 450. The predicted octanol–water partition coefficient (Wildman–Crippen LogP) is 2.45. The number of aliphatic carboxylic acids is 1. The number of hydrogen-bond donors (Lipinski definition) is 2. The van der Waals surface area contributed by atoms with Gasteiger partial charge in [0, 0.05) is 23.1 Å². The summed E-state index contributed by atoms with van der Waals surface area (Å²) in [5.74, 6) is -0.748. The number of carbonyl (C=O) groups is 1. The predicted molar refractivity (Wildman–Crippen MR) is 71.4 cm³/mol. The average molecular weight is 314 g/mol. The van der Waals surface area contributed by atoms with E-state index in [9.17, 15) is 9.90 Å². The highest BCUT2D eigenvalue weighted by Gasteiger charge is 2.25. The smallest absolute Gasteiger partial charge is 0.307 e. The van der Waals surface area contributed by atoms with Gasteiger partial charge in [0.25, 0.3) is 0 Å². The molecular weight excluding hydrogens is 298 g/mol. The summed E-state index contributed by atoms with van der Waals surface area (Å²) in [7, 11) is 0. The molecule has 1 saturated heterocycles. The number of hydrogen-bond acceptors (Lipinski definition) is 3. The average Bonchev–Trinajstić information content (AvgIpc) is 2.34. The van der Waals surface area contributed by atoms with Crippen LogP contribution in [-0.4, -0.2) is 34.2 Å². The molecule has 1 atom stereocenters. The number of carboxylic acid groups (broad SMARTS) is 1. The highest BCUT2D eigenvalue weighted by atomic mass is 79.9. The Morgan fingerprint density at radius 2 is 2.28 bits per heavy atom. The van der Waals surface area contributed by atoms with Crippen molar-refractivity contribution in [1.82, 2.24) is 4.90 Å². The Balaban J connectivity index is 2.04. The van der Waals surface area contributed by atoms with Crippen molar-refractivity contribution >= 4 is 21.9 Å². The summed E-state index contributed by atoms with van der Waals surface area (Å²) in [4.78, 5) is 13.1. The topological polar surface area (TPSA) is 60.8 Å². The molecule has 1 aliphatic rings. The standard InChI is InChI=1S/C13H16BrNO3/c14-11-3-4-12(16)10(6-11)8-15-5-1-2-9(7-15)13(17)18/h3-4,6,9,16H,1-2,5,7-8H2,(H,17,18). The van der Waals surface area contributed by atoms with E-state index in [1.807, 2.05) is 6.07 Å². The van der Waals surface area contributed by atoms with Crippen LogP contribution in [0.1, 0.15) is 18.4 Å². The number of benzene rings is 1. The van der Waals surface area contributed by atoms with Gasteiger partial charge < -0.3 is 10.2 Å². The lowest BCUT2D eigenvalue weighted by Crippen LogP contribution is -2.38. The normalized spacial score (nSPS) is 20.8. The molecule has 1 fully saturated rings. The summed E-state index contributed by atoms with van der Waals surface area (Å²) in [5.41, 5.74) is 0.829. The van der Waals surface area contributed by atoms with Crippen molar-refractivity contribution in [2.45, 2.75) is 19.4 Å². The third-order valence-corrected chi connectivity index (χ3v) is 3.78. The molecule has 0 amide bonds. The molecule has 1 unspecified atom stereocenters. The number of likely N-dealkylation sites (tertiary alicyclic amines) is 1. The van der Waals surface area contributed by atoms with E-state index in [-0.39, 0.29) is 11.7 Å². The first-order valence-corrected chi connectivity index (χ1v) is 6.78. The van der Waals surface area contributed by atoms with E-state index in [0.29, 0.717) is 13.1 Å². The zero-order valence-electron chi connectivity index (χ0n) is 9.97. The van der Waals surface area contributed by atoms with Gasteiger partial charge in [-0.2, -0.15) is 0 Å². The van der Waals surface area contributed by atoms with Gasteiger partial charge in [0.05, 0.1) is 5.92 Å². The van der Waals surface area contributed by atoms with Crippen LogP contribution in [0.2, 0.25) is 0 Å². The molecule has 0 bridgehead atoms. The molecule has 2 N–H and O–H groups in total. The van der Waals surface area contributed by atoms with Crippen LogP contribution in [0.3, 0.4) is 0 Å². The molecule has 1 aromatic rings. The highest BCUT2D eigenvalue weighted by molar-refractivity contribution is 9.10. The fraction of sp³-hybridized carbons (Fsp3) is 0.462. The summed E-state index contributed by atoms with van der Waals surface area (Å²) in [6.07, 6.45) is 1.64. The lowest BCUT2D eigenvalue weighted by Gasteiger charge is -2.30. The van der Waals surface area contributed by atoms with Gasteiger partial charge in [0.2, 0.25) is 0 Å². The summed E-state index contributed by atoms with van der Waals surface area (Å²) < 4.78 is 0.919. The van der Waals surface area contributed by atoms with Crippen LogP contribution < -0.4 is 0 Å². The minimum Gasteiger partial charge on any atom is -0.508 e. The van der Waals surface area contributed by atoms with E-state index in [4.69, 9.17) is 5.11 Å². The fourth-order valence-corrected chi connectivity index (χ4v) is 2.73. The minimum atomic E-state index is -0.724. The molecule has 4 nitrogen and oxygen atoms in total. The van der Waals surface area contributed by atoms with E-state index in [1.165, 1.54) is 0 Å². The maximum Gasteiger partial charge on any atom is 0.307 e. The number of phenolic OH excluding ortho intramolecular Hbond substituents is 1. The number of rotatable bonds is 3. The van der Waals surface area contributed by atoms with Gasteiger partial charge in [-0.15, -0.1) is 0 Å². The second kappa shape index (κ2) is 5.71. The molecule has 1 heterocycles. The molecule has 0 radical (unpaired) electrons. The van der Waals surface area contributed by atoms with Gasteiger partial charge in [-0.3, -0.25) is 9.69 Å². The lowest BCUT2D eigenvalue weighted by molar-refractivity contribution is -0.143. The van der Waals surface area contributed by atoms with E-state index < -0.39 is 5.97 Å². The molecule has 0 aromatic heterocycles. The molecule has 1 aliphatic heterocycles. The van der Waals surface area contributed by atoms with Crippen molar-refractivity contribution in [2.24, 2.45) is 5.92 Å². The van der Waals surface area contributed by atoms with Crippen molar-refractivity contribution in [3.05, 3.63) is 28.2 Å². The summed E-state index contributed by atoms with van der Waals surface area (Å²) in [6, 6.07) is 5.31. The van der Waals surface area contributed by atoms with Crippen LogP contribution in [0.5, 0.6) is 5.75 Å². The van der Waals surface area contributed by atoms with Gasteiger partial charge in [-0.05, 0) is 37.6 Å². The lowest BCUT2D eigenvalue weighted by atomic mass is 9.98. The quantitative estimate of drug-likeness (QED) is 0.900. The summed E-state index contributed by atoms with van der Waals surface area (Å²) in [5, 5.41) is 18.8. The van der Waals surface area contributed by atoms with Crippen LogP contribution in [0, 0.1) is 5.92 Å². The highest BCUT2D eigenvalue weighted by Crippen LogP contribution is 2.25. The second-order valence-corrected chi connectivity index (χ2v) is 5.60. The van der Waals surface area contributed by atoms with Crippen molar-refractivity contribution < 1.29 is 15.0 Å². The maximum atomic E-state index is 11.0. The Morgan fingerprint density at radius 3 is 3.00 bits per heavy atom. The number of carboxylic acids is 1. The first-order chi connectivity index (χ1) is 8.56. The van der Waals surface area contributed by atoms with Crippen LogP contribution in [0.4, 0.5) is 0 Å². The minimum absolute atomic E-state index is 0.260. The van der Waals surface area contributed by atoms with Crippen LogP contribution in [-0.2, 0) is 11.3 Å². The largest absolute Gasteiger partial charge is 0.508 e. The SMILES string of the molecule is O=C(O)C1CCCN(Cc2cc(Br)ccc2O)C1. The Kier molecular flexibility index (Phi) is 4.24. The zero-order valence-corrected chi connectivity index (χ0v) is 11.6. The molecule has 0 spiro atoms. The number of aromatic hydroxyl groups is 1. The van der Waals surface area contributed by atoms with E-state index >= 15 is 0 Å². The third kappa shape index (κ3) is 3.23. The first kappa shape index (κ1) is 13.4. The van der Waals surface area contributed by atoms with Gasteiger partial charge in [-0.1, -0.05) is 15.9 Å². The van der Waals surface area contributed by atoms with E-state index in [0.717, 1.165) is 29.4 Å². The number of phenols is 1. The Morgan fingerprint density at radius 1 is 1.50 bits per heavy atom. The fourth-order valence-electron chi connectivity index (χ4n) is 2.32. The van der Waals surface area contributed by atoms with E-state index in [2.05, 4.69) is 20.8 Å². The van der Waals surface area contributed by atoms with E-state index in [1.54, 1.807) is 12.1 Å². The molecule has 5 heteroatoms.